The van der Waals surface area contributed by atoms with Gasteiger partial charge in [-0.05, 0) is 49.1 Å². The summed E-state index contributed by atoms with van der Waals surface area (Å²) in [7, 11) is 0. The molecule has 1 aliphatic carbocycles. The lowest BCUT2D eigenvalue weighted by Crippen LogP contribution is -2.46. The van der Waals surface area contributed by atoms with Gasteiger partial charge in [0.05, 0.1) is 5.92 Å². The van der Waals surface area contributed by atoms with Crippen molar-refractivity contribution in [3.8, 4) is 11.5 Å². The van der Waals surface area contributed by atoms with Crippen molar-refractivity contribution in [3.63, 3.8) is 0 Å². The third-order valence-corrected chi connectivity index (χ3v) is 4.85. The number of carbonyl (C=O) groups is 2. The second-order valence-electron chi connectivity index (χ2n) is 7.02. The molecule has 0 bridgehead atoms. The first-order valence-corrected chi connectivity index (χ1v) is 9.65. The number of amides is 1. The Hall–Kier alpha value is -2.86. The Morgan fingerprint density at radius 1 is 1.04 bits per heavy atom. The van der Waals surface area contributed by atoms with E-state index >= 15 is 0 Å². The quantitative estimate of drug-likeness (QED) is 0.576. The standard InChI is InChI=1S/C22H26N2O4/c1-2-14-24(22(26)28-21(25)19-12-13-20(19)23)15-16-8-10-18(11-9-16)27-17-6-4-3-5-7-17/h3-11,19-20H,2,12-15,23H2,1H3. The molecule has 2 aromatic carbocycles. The molecule has 2 aromatic rings. The molecule has 0 aliphatic heterocycles. The van der Waals surface area contributed by atoms with Crippen molar-refractivity contribution in [2.24, 2.45) is 11.7 Å². The van der Waals surface area contributed by atoms with E-state index in [1.807, 2.05) is 61.5 Å². The van der Waals surface area contributed by atoms with Gasteiger partial charge in [0.15, 0.2) is 0 Å². The van der Waals surface area contributed by atoms with Crippen LogP contribution in [0.3, 0.4) is 0 Å². The van der Waals surface area contributed by atoms with Crippen LogP contribution in [-0.4, -0.2) is 29.5 Å². The van der Waals surface area contributed by atoms with Crippen LogP contribution in [0.5, 0.6) is 11.5 Å². The van der Waals surface area contributed by atoms with Crippen molar-refractivity contribution in [3.05, 3.63) is 60.2 Å². The number of nitrogens with zero attached hydrogens (tertiary/aromatic N) is 1. The Morgan fingerprint density at radius 3 is 2.29 bits per heavy atom. The Labute approximate surface area is 165 Å². The van der Waals surface area contributed by atoms with Crippen molar-refractivity contribution < 1.29 is 19.1 Å². The first kappa shape index (κ1) is 19.9. The van der Waals surface area contributed by atoms with Crippen LogP contribution >= 0.6 is 0 Å². The lowest BCUT2D eigenvalue weighted by molar-refractivity contribution is -0.146. The maximum absolute atomic E-state index is 12.4. The number of esters is 1. The summed E-state index contributed by atoms with van der Waals surface area (Å²) < 4.78 is 10.8. The van der Waals surface area contributed by atoms with Crippen LogP contribution in [0.1, 0.15) is 31.7 Å². The highest BCUT2D eigenvalue weighted by Crippen LogP contribution is 2.27. The predicted molar refractivity (Wildman–Crippen MR) is 106 cm³/mol. The maximum Gasteiger partial charge on any atom is 0.417 e. The predicted octanol–water partition coefficient (Wildman–Crippen LogP) is 4.09. The summed E-state index contributed by atoms with van der Waals surface area (Å²) in [4.78, 5) is 26.0. The molecule has 6 heteroatoms. The topological polar surface area (TPSA) is 81.9 Å². The van der Waals surface area contributed by atoms with Gasteiger partial charge >= 0.3 is 12.1 Å². The molecule has 6 nitrogen and oxygen atoms in total. The summed E-state index contributed by atoms with van der Waals surface area (Å²) in [5.74, 6) is 0.603. The number of carbonyl (C=O) groups excluding carboxylic acids is 2. The Kier molecular flexibility index (Phi) is 6.66. The number of ether oxygens (including phenoxy) is 2. The molecular formula is C22H26N2O4. The fourth-order valence-corrected chi connectivity index (χ4v) is 3.06. The third kappa shape index (κ3) is 5.10. The van der Waals surface area contributed by atoms with E-state index in [9.17, 15) is 9.59 Å². The molecule has 1 fully saturated rings. The number of nitrogens with two attached hydrogens (primary N) is 1. The molecule has 0 aromatic heterocycles. The van der Waals surface area contributed by atoms with Crippen LogP contribution in [0.15, 0.2) is 54.6 Å². The number of benzene rings is 2. The molecule has 0 spiro atoms. The minimum absolute atomic E-state index is 0.197. The smallest absolute Gasteiger partial charge is 0.417 e. The molecule has 1 saturated carbocycles. The highest BCUT2D eigenvalue weighted by atomic mass is 16.6. The van der Waals surface area contributed by atoms with Crippen molar-refractivity contribution in [2.75, 3.05) is 6.54 Å². The molecule has 28 heavy (non-hydrogen) atoms. The molecule has 2 atom stereocenters. The number of hydrogen-bond donors (Lipinski definition) is 1. The van der Waals surface area contributed by atoms with E-state index in [1.165, 1.54) is 4.90 Å². The normalized spacial score (nSPS) is 18.1. The van der Waals surface area contributed by atoms with Crippen molar-refractivity contribution in [1.82, 2.24) is 4.90 Å². The Balaban J connectivity index is 1.58. The molecule has 0 heterocycles. The van der Waals surface area contributed by atoms with E-state index in [0.717, 1.165) is 24.2 Å². The van der Waals surface area contributed by atoms with Crippen LogP contribution in [0.2, 0.25) is 0 Å². The molecule has 2 N–H and O–H groups in total. The average molecular weight is 382 g/mol. The van der Waals surface area contributed by atoms with Crippen molar-refractivity contribution >= 4 is 12.1 Å². The molecule has 0 radical (unpaired) electrons. The summed E-state index contributed by atoms with van der Waals surface area (Å²) in [6.45, 7) is 2.84. The van der Waals surface area contributed by atoms with Gasteiger partial charge in [0, 0.05) is 19.1 Å². The van der Waals surface area contributed by atoms with Crippen LogP contribution < -0.4 is 10.5 Å². The summed E-state index contributed by atoms with van der Waals surface area (Å²) in [6.07, 6.45) is 1.63. The monoisotopic (exact) mass is 382 g/mol. The van der Waals surface area contributed by atoms with E-state index in [1.54, 1.807) is 0 Å². The van der Waals surface area contributed by atoms with Gasteiger partial charge in [-0.1, -0.05) is 37.3 Å². The van der Waals surface area contributed by atoms with Gasteiger partial charge in [0.1, 0.15) is 11.5 Å². The number of para-hydroxylation sites is 1. The Morgan fingerprint density at radius 2 is 1.71 bits per heavy atom. The molecule has 1 aliphatic rings. The van der Waals surface area contributed by atoms with Gasteiger partial charge in [0.2, 0.25) is 0 Å². The summed E-state index contributed by atoms with van der Waals surface area (Å²) in [5, 5.41) is 0. The first-order chi connectivity index (χ1) is 13.6. The largest absolute Gasteiger partial charge is 0.457 e. The number of rotatable bonds is 7. The number of hydrogen-bond acceptors (Lipinski definition) is 5. The van der Waals surface area contributed by atoms with E-state index in [0.29, 0.717) is 25.3 Å². The van der Waals surface area contributed by atoms with E-state index in [2.05, 4.69) is 0 Å². The lowest BCUT2D eigenvalue weighted by atomic mass is 9.80. The average Bonchev–Trinajstić information content (AvgIpc) is 2.68. The summed E-state index contributed by atoms with van der Waals surface area (Å²) in [6, 6.07) is 16.8. The first-order valence-electron chi connectivity index (χ1n) is 9.65. The van der Waals surface area contributed by atoms with Gasteiger partial charge < -0.3 is 20.1 Å². The zero-order valence-electron chi connectivity index (χ0n) is 16.0. The zero-order chi connectivity index (χ0) is 19.9. The minimum atomic E-state index is -0.615. The second-order valence-corrected chi connectivity index (χ2v) is 7.02. The van der Waals surface area contributed by atoms with Gasteiger partial charge in [-0.25, -0.2) is 4.79 Å². The van der Waals surface area contributed by atoms with Crippen LogP contribution in [-0.2, 0) is 16.1 Å². The lowest BCUT2D eigenvalue weighted by Gasteiger charge is -2.31. The molecule has 3 rings (SSSR count). The highest BCUT2D eigenvalue weighted by Gasteiger charge is 2.36. The van der Waals surface area contributed by atoms with Gasteiger partial charge in [0.25, 0.3) is 0 Å². The summed E-state index contributed by atoms with van der Waals surface area (Å²) in [5.41, 5.74) is 6.72. The SMILES string of the molecule is CCCN(Cc1ccc(Oc2ccccc2)cc1)C(=O)OC(=O)C1CCC1N. The molecule has 1 amide bonds. The minimum Gasteiger partial charge on any atom is -0.457 e. The van der Waals surface area contributed by atoms with Gasteiger partial charge in [-0.15, -0.1) is 0 Å². The summed E-state index contributed by atoms with van der Waals surface area (Å²) >= 11 is 0. The van der Waals surface area contributed by atoms with Crippen molar-refractivity contribution in [1.29, 1.82) is 0 Å². The fraction of sp³-hybridized carbons (Fsp3) is 0.364. The Bertz CT molecular complexity index is 792. The van der Waals surface area contributed by atoms with Crippen molar-refractivity contribution in [2.45, 2.75) is 38.8 Å². The fourth-order valence-electron chi connectivity index (χ4n) is 3.06. The van der Waals surface area contributed by atoms with Gasteiger partial charge in [-0.2, -0.15) is 0 Å². The maximum atomic E-state index is 12.4. The van der Waals surface area contributed by atoms with E-state index < -0.39 is 12.1 Å². The molecule has 148 valence electrons. The molecular weight excluding hydrogens is 356 g/mol. The second kappa shape index (κ2) is 9.37. The van der Waals surface area contributed by atoms with E-state index in [4.69, 9.17) is 15.2 Å². The van der Waals surface area contributed by atoms with Crippen LogP contribution in [0.25, 0.3) is 0 Å². The van der Waals surface area contributed by atoms with Crippen LogP contribution in [0.4, 0.5) is 4.79 Å². The van der Waals surface area contributed by atoms with Gasteiger partial charge in [-0.3, -0.25) is 4.79 Å². The third-order valence-electron chi connectivity index (χ3n) is 4.85. The zero-order valence-corrected chi connectivity index (χ0v) is 16.0. The molecule has 2 unspecified atom stereocenters. The highest BCUT2D eigenvalue weighted by molar-refractivity contribution is 5.86. The molecule has 0 saturated heterocycles. The van der Waals surface area contributed by atoms with E-state index in [-0.39, 0.29) is 12.0 Å². The van der Waals surface area contributed by atoms with Crippen LogP contribution in [0, 0.1) is 5.92 Å².